The highest BCUT2D eigenvalue weighted by Gasteiger charge is 2.61. The Kier molecular flexibility index (Phi) is 7.17. The molecule has 10 atom stereocenters. The van der Waals surface area contributed by atoms with Crippen LogP contribution in [0.5, 0.6) is 0 Å². The Labute approximate surface area is 241 Å². The Morgan fingerprint density at radius 2 is 1.73 bits per heavy atom. The van der Waals surface area contributed by atoms with E-state index >= 15 is 0 Å². The van der Waals surface area contributed by atoms with E-state index in [-0.39, 0.29) is 29.8 Å². The standard InChI is InChI=1S/C34H50O5S/c1-23(30(21-34(36)18-19-39-22-34)40(37,38)25-8-6-5-7-9-25)27-12-13-28-26-11-10-24-20-31(2,35)16-17-32(24,3)29(26)14-15-33(27,28)4/h5-10,23,26-30,35-36H,11-22H2,1-4H3/t23-,26-,27+,28-,29-,30?,31-,32-,33+,34?/m0/s1. The molecule has 222 valence electrons. The molecule has 0 bridgehead atoms. The molecule has 1 heterocycles. The zero-order chi connectivity index (χ0) is 28.6. The van der Waals surface area contributed by atoms with Crippen molar-refractivity contribution in [1.29, 1.82) is 0 Å². The Morgan fingerprint density at radius 3 is 2.42 bits per heavy atom. The van der Waals surface area contributed by atoms with E-state index in [1.54, 1.807) is 24.3 Å². The second kappa shape index (κ2) is 9.92. The largest absolute Gasteiger partial charge is 0.390 e. The van der Waals surface area contributed by atoms with Crippen LogP contribution in [-0.4, -0.2) is 48.3 Å². The van der Waals surface area contributed by atoms with Gasteiger partial charge in [-0.25, -0.2) is 8.42 Å². The fourth-order valence-corrected chi connectivity index (χ4v) is 12.6. The van der Waals surface area contributed by atoms with Crippen LogP contribution in [-0.2, 0) is 14.6 Å². The maximum atomic E-state index is 14.2. The summed E-state index contributed by atoms with van der Waals surface area (Å²) in [6.07, 6.45) is 11.6. The molecule has 4 fully saturated rings. The molecule has 5 nitrogen and oxygen atoms in total. The molecule has 6 rings (SSSR count). The van der Waals surface area contributed by atoms with E-state index in [0.29, 0.717) is 41.6 Å². The average Bonchev–Trinajstić information content (AvgIpc) is 3.51. The fraction of sp³-hybridized carbons (Fsp3) is 0.765. The maximum Gasteiger partial charge on any atom is 0.181 e. The minimum Gasteiger partial charge on any atom is -0.390 e. The molecule has 0 spiro atoms. The van der Waals surface area contributed by atoms with Crippen LogP contribution < -0.4 is 0 Å². The first-order valence-electron chi connectivity index (χ1n) is 15.8. The number of hydrogen-bond donors (Lipinski definition) is 2. The molecule has 0 amide bonds. The number of sulfone groups is 1. The molecule has 3 saturated carbocycles. The number of fused-ring (bicyclic) bond motifs is 5. The van der Waals surface area contributed by atoms with Gasteiger partial charge in [0.05, 0.1) is 28.0 Å². The minimum absolute atomic E-state index is 0.0589. The highest BCUT2D eigenvalue weighted by atomic mass is 32.2. The number of aliphatic hydroxyl groups is 2. The quantitative estimate of drug-likeness (QED) is 0.390. The number of benzene rings is 1. The highest BCUT2D eigenvalue weighted by Crippen LogP contribution is 2.68. The lowest BCUT2D eigenvalue weighted by atomic mass is 9.46. The predicted molar refractivity (Wildman–Crippen MR) is 157 cm³/mol. The summed E-state index contributed by atoms with van der Waals surface area (Å²) in [5, 5.41) is 21.5. The smallest absolute Gasteiger partial charge is 0.181 e. The van der Waals surface area contributed by atoms with Gasteiger partial charge in [-0.2, -0.15) is 0 Å². The van der Waals surface area contributed by atoms with Gasteiger partial charge in [-0.1, -0.05) is 50.6 Å². The molecule has 40 heavy (non-hydrogen) atoms. The van der Waals surface area contributed by atoms with E-state index in [0.717, 1.165) is 44.9 Å². The van der Waals surface area contributed by atoms with Gasteiger partial charge in [-0.05, 0) is 117 Å². The van der Waals surface area contributed by atoms with Crippen LogP contribution in [0.4, 0.5) is 0 Å². The summed E-state index contributed by atoms with van der Waals surface area (Å²) in [5.74, 6) is 2.11. The van der Waals surface area contributed by atoms with Crippen molar-refractivity contribution in [2.24, 2.45) is 40.4 Å². The lowest BCUT2D eigenvalue weighted by Gasteiger charge is -2.59. The van der Waals surface area contributed by atoms with E-state index in [4.69, 9.17) is 4.74 Å². The maximum absolute atomic E-state index is 14.2. The SMILES string of the molecule is C[C@H](C(CC1(O)CCOC1)S(=O)(=O)c1ccccc1)[C@H]1CC[C@H]2[C@@H]3CC=C4C[C@@](C)(O)CC[C@]4(C)[C@H]3CC[C@]12C. The first kappa shape index (κ1) is 28.9. The molecule has 1 saturated heterocycles. The molecule has 1 aromatic rings. The van der Waals surface area contributed by atoms with Crippen LogP contribution in [0.15, 0.2) is 46.9 Å². The summed E-state index contributed by atoms with van der Waals surface area (Å²) in [5.41, 5.74) is 0.0994. The fourth-order valence-electron chi connectivity index (χ4n) is 10.5. The van der Waals surface area contributed by atoms with Crippen molar-refractivity contribution in [1.82, 2.24) is 0 Å². The number of ether oxygens (including phenoxy) is 1. The van der Waals surface area contributed by atoms with Gasteiger partial charge in [0.2, 0.25) is 0 Å². The first-order valence-corrected chi connectivity index (χ1v) is 17.3. The van der Waals surface area contributed by atoms with Gasteiger partial charge in [0.25, 0.3) is 0 Å². The molecule has 5 aliphatic rings. The zero-order valence-corrected chi connectivity index (χ0v) is 25.8. The van der Waals surface area contributed by atoms with Crippen molar-refractivity contribution in [2.45, 2.75) is 113 Å². The Morgan fingerprint density at radius 1 is 0.975 bits per heavy atom. The lowest BCUT2D eigenvalue weighted by Crippen LogP contribution is -2.53. The van der Waals surface area contributed by atoms with E-state index in [9.17, 15) is 18.6 Å². The third-order valence-corrected chi connectivity index (χ3v) is 15.1. The molecular formula is C34H50O5S. The average molecular weight is 571 g/mol. The third kappa shape index (κ3) is 4.64. The van der Waals surface area contributed by atoms with Crippen molar-refractivity contribution in [3.05, 3.63) is 42.0 Å². The highest BCUT2D eigenvalue weighted by molar-refractivity contribution is 7.92. The normalized spacial score (nSPS) is 44.7. The molecule has 4 aliphatic carbocycles. The topological polar surface area (TPSA) is 83.8 Å². The van der Waals surface area contributed by atoms with Crippen LogP contribution in [0.25, 0.3) is 0 Å². The molecule has 2 unspecified atom stereocenters. The molecule has 2 N–H and O–H groups in total. The van der Waals surface area contributed by atoms with Crippen LogP contribution in [0.3, 0.4) is 0 Å². The monoisotopic (exact) mass is 570 g/mol. The second-order valence-corrected chi connectivity index (χ2v) is 17.3. The van der Waals surface area contributed by atoms with E-state index in [2.05, 4.69) is 26.8 Å². The van der Waals surface area contributed by atoms with E-state index in [1.807, 2.05) is 13.0 Å². The lowest BCUT2D eigenvalue weighted by molar-refractivity contribution is -0.0714. The Hall–Kier alpha value is -1.21. The summed E-state index contributed by atoms with van der Waals surface area (Å²) in [7, 11) is -3.64. The van der Waals surface area contributed by atoms with Gasteiger partial charge in [0, 0.05) is 13.0 Å². The molecule has 6 heteroatoms. The summed E-state index contributed by atoms with van der Waals surface area (Å²) >= 11 is 0. The predicted octanol–water partition coefficient (Wildman–Crippen LogP) is 6.34. The summed E-state index contributed by atoms with van der Waals surface area (Å²) in [6.45, 7) is 9.80. The van der Waals surface area contributed by atoms with Crippen molar-refractivity contribution in [3.8, 4) is 0 Å². The van der Waals surface area contributed by atoms with Crippen molar-refractivity contribution in [3.63, 3.8) is 0 Å². The van der Waals surface area contributed by atoms with Crippen molar-refractivity contribution < 1.29 is 23.4 Å². The molecular weight excluding hydrogens is 520 g/mol. The molecule has 0 aromatic heterocycles. The van der Waals surface area contributed by atoms with Crippen LogP contribution in [0.2, 0.25) is 0 Å². The minimum atomic E-state index is -3.64. The van der Waals surface area contributed by atoms with Crippen molar-refractivity contribution >= 4 is 9.84 Å². The zero-order valence-electron chi connectivity index (χ0n) is 24.9. The summed E-state index contributed by atoms with van der Waals surface area (Å²) in [4.78, 5) is 0.365. The van der Waals surface area contributed by atoms with E-state index in [1.165, 1.54) is 12.0 Å². The summed E-state index contributed by atoms with van der Waals surface area (Å²) < 4.78 is 34.0. The Balaban J connectivity index is 1.30. The number of hydrogen-bond acceptors (Lipinski definition) is 5. The third-order valence-electron chi connectivity index (χ3n) is 12.8. The van der Waals surface area contributed by atoms with Gasteiger partial charge < -0.3 is 14.9 Å². The number of rotatable bonds is 6. The summed E-state index contributed by atoms with van der Waals surface area (Å²) in [6, 6.07) is 8.87. The first-order chi connectivity index (χ1) is 18.8. The van der Waals surface area contributed by atoms with Crippen LogP contribution in [0, 0.1) is 40.4 Å². The van der Waals surface area contributed by atoms with Gasteiger partial charge >= 0.3 is 0 Å². The molecule has 1 aliphatic heterocycles. The van der Waals surface area contributed by atoms with Gasteiger partial charge in [-0.3, -0.25) is 0 Å². The molecule has 1 aromatic carbocycles. The van der Waals surface area contributed by atoms with Gasteiger partial charge in [-0.15, -0.1) is 0 Å². The van der Waals surface area contributed by atoms with Crippen molar-refractivity contribution in [2.75, 3.05) is 13.2 Å². The second-order valence-electron chi connectivity index (χ2n) is 15.1. The Bertz CT molecular complexity index is 1230. The van der Waals surface area contributed by atoms with E-state index < -0.39 is 26.3 Å². The molecule has 0 radical (unpaired) electrons. The van der Waals surface area contributed by atoms with Gasteiger partial charge in [0.15, 0.2) is 9.84 Å². The number of allylic oxidation sites excluding steroid dienone is 1. The van der Waals surface area contributed by atoms with Crippen LogP contribution in [0.1, 0.15) is 91.9 Å². The van der Waals surface area contributed by atoms with Crippen LogP contribution >= 0.6 is 0 Å². The van der Waals surface area contributed by atoms with Gasteiger partial charge in [0.1, 0.15) is 0 Å².